The highest BCUT2D eigenvalue weighted by atomic mass is 16.5. The van der Waals surface area contributed by atoms with Crippen LogP contribution in [-0.4, -0.2) is 38.5 Å². The number of ether oxygens (including phenoxy) is 2. The molecular formula is C17H18N6O3. The Labute approximate surface area is 150 Å². The van der Waals surface area contributed by atoms with Crippen molar-refractivity contribution in [1.82, 2.24) is 19.6 Å². The molecule has 0 saturated carbocycles. The first-order valence-electron chi connectivity index (χ1n) is 8.03. The van der Waals surface area contributed by atoms with E-state index in [0.717, 1.165) is 5.56 Å². The molecular weight excluding hydrogens is 336 g/mol. The topological polar surface area (TPSA) is 107 Å². The van der Waals surface area contributed by atoms with Crippen molar-refractivity contribution in [3.63, 3.8) is 0 Å². The van der Waals surface area contributed by atoms with E-state index in [-0.39, 0.29) is 17.7 Å². The molecule has 2 aromatic rings. The monoisotopic (exact) mass is 354 g/mol. The van der Waals surface area contributed by atoms with Gasteiger partial charge in [0.05, 0.1) is 30.0 Å². The van der Waals surface area contributed by atoms with Crippen molar-refractivity contribution in [3.05, 3.63) is 40.7 Å². The number of rotatable bonds is 4. The molecule has 9 heteroatoms. The van der Waals surface area contributed by atoms with Crippen LogP contribution in [0, 0.1) is 18.3 Å². The standard InChI is InChI=1S/C17H18N6O3/c1-5-25-9-19-16-13(6-18)15(12-7-20-22(4)8-12)14-10(2)23(11(3)24)21-17(14)26-16/h7-9,15H,5H2,1-4H3. The highest BCUT2D eigenvalue weighted by Gasteiger charge is 2.37. The molecule has 0 aromatic carbocycles. The number of aliphatic imine (C=N–C) groups is 1. The molecule has 0 aliphatic carbocycles. The van der Waals surface area contributed by atoms with Crippen LogP contribution in [0.3, 0.4) is 0 Å². The summed E-state index contributed by atoms with van der Waals surface area (Å²) in [6.07, 6.45) is 4.71. The lowest BCUT2D eigenvalue weighted by molar-refractivity contribution is 0.0917. The van der Waals surface area contributed by atoms with Crippen LogP contribution < -0.4 is 4.74 Å². The third kappa shape index (κ3) is 2.86. The largest absolute Gasteiger partial charge is 0.483 e. The second kappa shape index (κ2) is 6.84. The Kier molecular flexibility index (Phi) is 4.58. The summed E-state index contributed by atoms with van der Waals surface area (Å²) in [5.74, 6) is -0.396. The average Bonchev–Trinajstić information content (AvgIpc) is 3.17. The maximum absolute atomic E-state index is 11.9. The Balaban J connectivity index is 2.22. The third-order valence-electron chi connectivity index (χ3n) is 4.02. The summed E-state index contributed by atoms with van der Waals surface area (Å²) in [6.45, 7) is 5.44. The van der Waals surface area contributed by atoms with Crippen LogP contribution in [-0.2, 0) is 11.8 Å². The lowest BCUT2D eigenvalue weighted by Crippen LogP contribution is -2.15. The van der Waals surface area contributed by atoms with Crippen LogP contribution in [0.5, 0.6) is 5.88 Å². The average molecular weight is 354 g/mol. The van der Waals surface area contributed by atoms with E-state index in [1.165, 1.54) is 18.0 Å². The van der Waals surface area contributed by atoms with Crippen molar-refractivity contribution in [2.24, 2.45) is 12.0 Å². The summed E-state index contributed by atoms with van der Waals surface area (Å²) in [5.41, 5.74) is 2.35. The molecule has 0 fully saturated rings. The van der Waals surface area contributed by atoms with Crippen molar-refractivity contribution < 1.29 is 14.3 Å². The number of fused-ring (bicyclic) bond motifs is 1. The highest BCUT2D eigenvalue weighted by Crippen LogP contribution is 2.44. The maximum atomic E-state index is 11.9. The smallest absolute Gasteiger partial charge is 0.245 e. The molecule has 3 rings (SSSR count). The Morgan fingerprint density at radius 3 is 2.92 bits per heavy atom. The van der Waals surface area contributed by atoms with Crippen molar-refractivity contribution in [2.75, 3.05) is 6.61 Å². The van der Waals surface area contributed by atoms with Crippen LogP contribution in [0.15, 0.2) is 28.8 Å². The normalized spacial score (nSPS) is 16.3. The highest BCUT2D eigenvalue weighted by molar-refractivity contribution is 5.77. The lowest BCUT2D eigenvalue weighted by Gasteiger charge is -2.22. The Bertz CT molecular complexity index is 960. The number of allylic oxidation sites excluding steroid dienone is 1. The van der Waals surface area contributed by atoms with Gasteiger partial charge >= 0.3 is 0 Å². The van der Waals surface area contributed by atoms with Gasteiger partial charge in [-0.05, 0) is 13.8 Å². The van der Waals surface area contributed by atoms with Gasteiger partial charge in [0.1, 0.15) is 11.6 Å². The fourth-order valence-electron chi connectivity index (χ4n) is 2.91. The SMILES string of the molecule is CCOC=NC1=C(C#N)C(c2cnn(C)c2)c2c(nn(C(C)=O)c2C)O1. The Morgan fingerprint density at radius 2 is 2.35 bits per heavy atom. The molecule has 1 aliphatic heterocycles. The van der Waals surface area contributed by atoms with Gasteiger partial charge in [-0.25, -0.2) is 4.68 Å². The molecule has 9 nitrogen and oxygen atoms in total. The second-order valence-corrected chi connectivity index (χ2v) is 5.74. The molecule has 1 unspecified atom stereocenters. The molecule has 134 valence electrons. The number of hydrogen-bond acceptors (Lipinski definition) is 7. The first-order valence-corrected chi connectivity index (χ1v) is 8.03. The molecule has 3 heterocycles. The van der Waals surface area contributed by atoms with Gasteiger partial charge in [-0.1, -0.05) is 0 Å². The summed E-state index contributed by atoms with van der Waals surface area (Å²) < 4.78 is 13.7. The molecule has 0 amide bonds. The summed E-state index contributed by atoms with van der Waals surface area (Å²) in [6, 6.07) is 2.17. The Hall–Kier alpha value is -3.41. The Morgan fingerprint density at radius 1 is 1.58 bits per heavy atom. The first kappa shape index (κ1) is 17.4. The van der Waals surface area contributed by atoms with Gasteiger partial charge in [0.15, 0.2) is 6.40 Å². The van der Waals surface area contributed by atoms with Crippen molar-refractivity contribution in [3.8, 4) is 11.9 Å². The van der Waals surface area contributed by atoms with Gasteiger partial charge in [0, 0.05) is 25.7 Å². The molecule has 0 N–H and O–H groups in total. The van der Waals surface area contributed by atoms with Crippen LogP contribution in [0.25, 0.3) is 0 Å². The quantitative estimate of drug-likeness (QED) is 0.613. The van der Waals surface area contributed by atoms with E-state index < -0.39 is 5.92 Å². The van der Waals surface area contributed by atoms with Crippen LogP contribution in [0.4, 0.5) is 0 Å². The summed E-state index contributed by atoms with van der Waals surface area (Å²) in [7, 11) is 1.79. The molecule has 0 spiro atoms. The van der Waals surface area contributed by atoms with Crippen LogP contribution in [0.1, 0.15) is 41.4 Å². The van der Waals surface area contributed by atoms with Gasteiger partial charge in [-0.2, -0.15) is 15.4 Å². The minimum Gasteiger partial charge on any atom is -0.483 e. The van der Waals surface area contributed by atoms with Crippen molar-refractivity contribution in [1.29, 1.82) is 5.26 Å². The number of nitriles is 1. The van der Waals surface area contributed by atoms with Gasteiger partial charge in [-0.3, -0.25) is 9.48 Å². The van der Waals surface area contributed by atoms with Gasteiger partial charge in [0.2, 0.25) is 17.7 Å². The van der Waals surface area contributed by atoms with Gasteiger partial charge in [-0.15, -0.1) is 5.10 Å². The van der Waals surface area contributed by atoms with Crippen LogP contribution in [0.2, 0.25) is 0 Å². The van der Waals surface area contributed by atoms with Gasteiger partial charge < -0.3 is 9.47 Å². The summed E-state index contributed by atoms with van der Waals surface area (Å²) in [5, 5.41) is 18.2. The second-order valence-electron chi connectivity index (χ2n) is 5.74. The molecule has 26 heavy (non-hydrogen) atoms. The van der Waals surface area contributed by atoms with Crippen molar-refractivity contribution in [2.45, 2.75) is 26.7 Å². The fraction of sp³-hybridized carbons (Fsp3) is 0.353. The lowest BCUT2D eigenvalue weighted by atomic mass is 9.86. The molecule has 1 aliphatic rings. The number of carbonyl (C=O) groups excluding carboxylic acids is 1. The molecule has 0 radical (unpaired) electrons. The van der Waals surface area contributed by atoms with Crippen LogP contribution >= 0.6 is 0 Å². The van der Waals surface area contributed by atoms with E-state index in [2.05, 4.69) is 21.3 Å². The third-order valence-corrected chi connectivity index (χ3v) is 4.02. The minimum atomic E-state index is -0.487. The maximum Gasteiger partial charge on any atom is 0.245 e. The van der Waals surface area contributed by atoms with Crippen molar-refractivity contribution >= 4 is 12.3 Å². The molecule has 0 saturated heterocycles. The predicted octanol–water partition coefficient (Wildman–Crippen LogP) is 1.91. The summed E-state index contributed by atoms with van der Waals surface area (Å²) >= 11 is 0. The number of aryl methyl sites for hydroxylation is 1. The number of aromatic nitrogens is 4. The van der Waals surface area contributed by atoms with E-state index in [1.807, 2.05) is 13.1 Å². The first-order chi connectivity index (χ1) is 12.5. The van der Waals surface area contributed by atoms with E-state index in [4.69, 9.17) is 9.47 Å². The zero-order chi connectivity index (χ0) is 18.8. The number of nitrogens with zero attached hydrogens (tertiary/aromatic N) is 6. The van der Waals surface area contributed by atoms with Gasteiger partial charge in [0.25, 0.3) is 0 Å². The zero-order valence-electron chi connectivity index (χ0n) is 14.9. The molecule has 0 bridgehead atoms. The number of hydrogen-bond donors (Lipinski definition) is 0. The van der Waals surface area contributed by atoms with E-state index in [1.54, 1.807) is 24.9 Å². The van der Waals surface area contributed by atoms with E-state index >= 15 is 0 Å². The minimum absolute atomic E-state index is 0.0931. The fourth-order valence-corrected chi connectivity index (χ4v) is 2.91. The molecule has 2 aromatic heterocycles. The van der Waals surface area contributed by atoms with E-state index in [9.17, 15) is 10.1 Å². The number of carbonyl (C=O) groups is 1. The predicted molar refractivity (Wildman–Crippen MR) is 91.7 cm³/mol. The van der Waals surface area contributed by atoms with E-state index in [0.29, 0.717) is 23.4 Å². The molecule has 1 atom stereocenters. The summed E-state index contributed by atoms with van der Waals surface area (Å²) in [4.78, 5) is 16.0. The zero-order valence-corrected chi connectivity index (χ0v) is 14.9.